The molecule has 0 spiro atoms. The highest BCUT2D eigenvalue weighted by Crippen LogP contribution is 2.30. The first-order valence-corrected chi connectivity index (χ1v) is 12.3. The van der Waals surface area contributed by atoms with E-state index in [9.17, 15) is 9.90 Å². The summed E-state index contributed by atoms with van der Waals surface area (Å²) in [6, 6.07) is 18.4. The Labute approximate surface area is 205 Å². The lowest BCUT2D eigenvalue weighted by Gasteiger charge is -2.36. The Morgan fingerprint density at radius 2 is 1.65 bits per heavy atom. The summed E-state index contributed by atoms with van der Waals surface area (Å²) in [6.07, 6.45) is 2.47. The van der Waals surface area contributed by atoms with Crippen LogP contribution >= 0.6 is 11.6 Å². The maximum Gasteiger partial charge on any atom is 0.343 e. The molecule has 0 bridgehead atoms. The predicted octanol–water partition coefficient (Wildman–Crippen LogP) is 4.31. The van der Waals surface area contributed by atoms with E-state index in [1.54, 1.807) is 0 Å². The van der Waals surface area contributed by atoms with E-state index in [4.69, 9.17) is 16.0 Å². The maximum absolute atomic E-state index is 12.5. The molecule has 2 saturated heterocycles. The largest absolute Gasteiger partial charge is 0.507 e. The van der Waals surface area contributed by atoms with Crippen LogP contribution in [0.1, 0.15) is 29.0 Å². The first-order valence-electron chi connectivity index (χ1n) is 11.9. The van der Waals surface area contributed by atoms with E-state index in [1.165, 1.54) is 17.5 Å². The quantitative estimate of drug-likeness (QED) is 0.568. The number of hydrogen-bond donors (Lipinski definition) is 1. The Morgan fingerprint density at radius 1 is 0.912 bits per heavy atom. The van der Waals surface area contributed by atoms with Crippen molar-refractivity contribution in [2.24, 2.45) is 0 Å². The zero-order valence-electron chi connectivity index (χ0n) is 19.2. The lowest BCUT2D eigenvalue weighted by atomic mass is 9.99. The summed E-state index contributed by atoms with van der Waals surface area (Å²) in [5.74, 6) is 0.537. The van der Waals surface area contributed by atoms with Gasteiger partial charge >= 0.3 is 5.63 Å². The van der Waals surface area contributed by atoms with Gasteiger partial charge in [0.05, 0.1) is 5.56 Å². The maximum atomic E-state index is 12.5. The van der Waals surface area contributed by atoms with E-state index in [0.29, 0.717) is 30.1 Å². The van der Waals surface area contributed by atoms with Gasteiger partial charge in [-0.05, 0) is 48.7 Å². The number of aromatic hydroxyl groups is 1. The SMILES string of the molecule is O=c1occ(CN2CCN(c3ccc(Cl)cc3)CC2)c(O)c1CN1CCC(c2ccccc2)C1. The van der Waals surface area contributed by atoms with Crippen molar-refractivity contribution in [2.75, 3.05) is 44.2 Å². The van der Waals surface area contributed by atoms with E-state index < -0.39 is 5.63 Å². The van der Waals surface area contributed by atoms with Gasteiger partial charge in [0.2, 0.25) is 0 Å². The van der Waals surface area contributed by atoms with Gasteiger partial charge < -0.3 is 14.4 Å². The molecule has 1 unspecified atom stereocenters. The summed E-state index contributed by atoms with van der Waals surface area (Å²) in [6.45, 7) is 6.25. The zero-order chi connectivity index (χ0) is 23.5. The highest BCUT2D eigenvalue weighted by Gasteiger charge is 2.27. The minimum Gasteiger partial charge on any atom is -0.507 e. The van der Waals surface area contributed by atoms with Crippen molar-refractivity contribution >= 4 is 17.3 Å². The number of hydrogen-bond acceptors (Lipinski definition) is 6. The minimum absolute atomic E-state index is 0.0829. The topological polar surface area (TPSA) is 60.2 Å². The van der Waals surface area contributed by atoms with Gasteiger partial charge in [-0.25, -0.2) is 4.79 Å². The lowest BCUT2D eigenvalue weighted by molar-refractivity contribution is 0.241. The molecule has 5 rings (SSSR count). The molecule has 2 aromatic carbocycles. The van der Waals surface area contributed by atoms with Crippen LogP contribution in [0.2, 0.25) is 5.02 Å². The predicted molar refractivity (Wildman–Crippen MR) is 135 cm³/mol. The van der Waals surface area contributed by atoms with Crippen molar-refractivity contribution in [1.29, 1.82) is 0 Å². The van der Waals surface area contributed by atoms with Crippen molar-refractivity contribution in [3.63, 3.8) is 0 Å². The Morgan fingerprint density at radius 3 is 2.38 bits per heavy atom. The molecule has 3 heterocycles. The summed E-state index contributed by atoms with van der Waals surface area (Å²) in [4.78, 5) is 19.3. The van der Waals surface area contributed by atoms with Gasteiger partial charge in [0.1, 0.15) is 12.0 Å². The Kier molecular flexibility index (Phi) is 6.90. The van der Waals surface area contributed by atoms with Crippen LogP contribution in [0.25, 0.3) is 0 Å². The fourth-order valence-corrected chi connectivity index (χ4v) is 5.17. The molecule has 0 aliphatic carbocycles. The highest BCUT2D eigenvalue weighted by molar-refractivity contribution is 6.30. The summed E-state index contributed by atoms with van der Waals surface area (Å²) in [7, 11) is 0. The fourth-order valence-electron chi connectivity index (χ4n) is 5.05. The number of rotatable bonds is 6. The number of likely N-dealkylation sites (tertiary alicyclic amines) is 1. The molecule has 2 fully saturated rings. The molecule has 1 N–H and O–H groups in total. The number of nitrogens with zero attached hydrogens (tertiary/aromatic N) is 3. The van der Waals surface area contributed by atoms with Crippen LogP contribution in [0.5, 0.6) is 5.75 Å². The molecule has 34 heavy (non-hydrogen) atoms. The van der Waals surface area contributed by atoms with Gasteiger partial charge in [-0.15, -0.1) is 0 Å². The molecule has 0 amide bonds. The third kappa shape index (κ3) is 5.14. The molecule has 2 aliphatic rings. The third-order valence-corrected chi connectivity index (χ3v) is 7.28. The molecule has 1 aromatic heterocycles. The van der Waals surface area contributed by atoms with E-state index in [-0.39, 0.29) is 5.75 Å². The first-order chi connectivity index (χ1) is 16.6. The molecular formula is C27H30ClN3O3. The van der Waals surface area contributed by atoms with Crippen LogP contribution in [0.15, 0.2) is 70.1 Å². The summed E-state index contributed by atoms with van der Waals surface area (Å²) >= 11 is 6.01. The first kappa shape index (κ1) is 23.0. The van der Waals surface area contributed by atoms with Crippen molar-refractivity contribution in [3.8, 4) is 5.75 Å². The van der Waals surface area contributed by atoms with Crippen LogP contribution in [-0.4, -0.2) is 54.2 Å². The molecular weight excluding hydrogens is 450 g/mol. The molecule has 3 aromatic rings. The van der Waals surface area contributed by atoms with Crippen LogP contribution in [0, 0.1) is 0 Å². The van der Waals surface area contributed by atoms with Crippen molar-refractivity contribution in [1.82, 2.24) is 9.80 Å². The van der Waals surface area contributed by atoms with Gasteiger partial charge in [-0.2, -0.15) is 0 Å². The average Bonchev–Trinajstić information content (AvgIpc) is 3.34. The molecule has 7 heteroatoms. The number of halogens is 1. The van der Waals surface area contributed by atoms with E-state index >= 15 is 0 Å². The van der Waals surface area contributed by atoms with Gasteiger partial charge in [0.15, 0.2) is 0 Å². The van der Waals surface area contributed by atoms with Gasteiger partial charge in [0, 0.05) is 62.1 Å². The second-order valence-corrected chi connectivity index (χ2v) is 9.68. The average molecular weight is 480 g/mol. The van der Waals surface area contributed by atoms with Gasteiger partial charge in [0.25, 0.3) is 0 Å². The van der Waals surface area contributed by atoms with E-state index in [2.05, 4.69) is 39.0 Å². The standard InChI is InChI=1S/C27H30ClN3O3/c28-23-6-8-24(9-7-23)31-14-12-29(13-15-31)17-22-19-34-27(33)25(26(22)32)18-30-11-10-21(16-30)20-4-2-1-3-5-20/h1-9,19,21,32H,10-18H2. The normalized spacial score (nSPS) is 19.6. The second-order valence-electron chi connectivity index (χ2n) is 9.25. The van der Waals surface area contributed by atoms with Gasteiger partial charge in [-0.1, -0.05) is 41.9 Å². The molecule has 0 saturated carbocycles. The highest BCUT2D eigenvalue weighted by atomic mass is 35.5. The molecule has 2 aliphatic heterocycles. The van der Waals surface area contributed by atoms with Crippen LogP contribution < -0.4 is 10.5 Å². The lowest BCUT2D eigenvalue weighted by Crippen LogP contribution is -2.46. The smallest absolute Gasteiger partial charge is 0.343 e. The minimum atomic E-state index is -0.447. The number of anilines is 1. The molecule has 6 nitrogen and oxygen atoms in total. The van der Waals surface area contributed by atoms with Crippen molar-refractivity contribution < 1.29 is 9.52 Å². The van der Waals surface area contributed by atoms with Crippen LogP contribution in [0.4, 0.5) is 5.69 Å². The summed E-state index contributed by atoms with van der Waals surface area (Å²) in [5.41, 5.74) is 3.09. The number of benzene rings is 2. The monoisotopic (exact) mass is 479 g/mol. The molecule has 0 radical (unpaired) electrons. The fraction of sp³-hybridized carbons (Fsp3) is 0.370. The Balaban J connectivity index is 1.21. The summed E-state index contributed by atoms with van der Waals surface area (Å²) in [5, 5.41) is 11.7. The van der Waals surface area contributed by atoms with Crippen LogP contribution in [0.3, 0.4) is 0 Å². The summed E-state index contributed by atoms with van der Waals surface area (Å²) < 4.78 is 5.34. The Hall–Kier alpha value is -2.80. The van der Waals surface area contributed by atoms with E-state index in [1.807, 2.05) is 30.3 Å². The molecule has 1 atom stereocenters. The third-order valence-electron chi connectivity index (χ3n) is 7.03. The van der Waals surface area contributed by atoms with Crippen molar-refractivity contribution in [3.05, 3.63) is 93.0 Å². The molecule has 178 valence electrons. The van der Waals surface area contributed by atoms with Crippen LogP contribution in [-0.2, 0) is 13.1 Å². The second kappa shape index (κ2) is 10.2. The zero-order valence-corrected chi connectivity index (χ0v) is 20.0. The van der Waals surface area contributed by atoms with E-state index in [0.717, 1.165) is 50.7 Å². The number of piperazine rings is 1. The Bertz CT molecular complexity index is 1160. The van der Waals surface area contributed by atoms with Crippen molar-refractivity contribution in [2.45, 2.75) is 25.4 Å². The van der Waals surface area contributed by atoms with Gasteiger partial charge in [-0.3, -0.25) is 9.80 Å².